The summed E-state index contributed by atoms with van der Waals surface area (Å²) < 4.78 is 9.77. The first-order valence-corrected chi connectivity index (χ1v) is 11.7. The van der Waals surface area contributed by atoms with Gasteiger partial charge in [-0.25, -0.2) is 4.79 Å². The van der Waals surface area contributed by atoms with E-state index in [9.17, 15) is 4.79 Å². The lowest BCUT2D eigenvalue weighted by Gasteiger charge is -2.12. The number of phenolic OH excluding ortho intramolecular Hbond substituents is 2. The molecule has 0 fully saturated rings. The van der Waals surface area contributed by atoms with Gasteiger partial charge in [0.25, 0.3) is 0 Å². The van der Waals surface area contributed by atoms with E-state index in [2.05, 4.69) is 24.3 Å². The maximum absolute atomic E-state index is 10.8. The van der Waals surface area contributed by atoms with Gasteiger partial charge in [0.2, 0.25) is 0 Å². The number of benzene rings is 4. The average molecular weight is 534 g/mol. The predicted octanol–water partition coefficient (Wildman–Crippen LogP) is 8.16. The first-order valence-electron chi connectivity index (χ1n) is 11.7. The number of para-hydroxylation sites is 3. The van der Waals surface area contributed by atoms with Crippen LogP contribution in [-0.2, 0) is 11.2 Å². The molecule has 1 aliphatic carbocycles. The molecule has 1 amide bonds. The van der Waals surface area contributed by atoms with Gasteiger partial charge in [0.1, 0.15) is 12.4 Å². The molecule has 6 nitrogen and oxygen atoms in total. The van der Waals surface area contributed by atoms with E-state index in [1.165, 1.54) is 29.4 Å². The smallest absolute Gasteiger partial charge is 0.404 e. The largest absolute Gasteiger partial charge is 0.508 e. The first-order chi connectivity index (χ1) is 17.5. The Balaban J connectivity index is 0.000000590. The van der Waals surface area contributed by atoms with Gasteiger partial charge in [-0.3, -0.25) is 0 Å². The van der Waals surface area contributed by atoms with Crippen LogP contribution in [0, 0.1) is 0 Å². The fraction of sp³-hybridized carbons (Fsp3) is 0.242. The molecule has 6 heteroatoms. The third kappa shape index (κ3) is 9.11. The van der Waals surface area contributed by atoms with E-state index in [4.69, 9.17) is 25.4 Å². The van der Waals surface area contributed by atoms with E-state index in [1.807, 2.05) is 49.4 Å². The summed E-state index contributed by atoms with van der Waals surface area (Å²) in [5.74, 6) is 1.18. The van der Waals surface area contributed by atoms with E-state index in [0.29, 0.717) is 18.1 Å². The second kappa shape index (κ2) is 17.1. The van der Waals surface area contributed by atoms with Crippen LogP contribution in [0.15, 0.2) is 97.1 Å². The summed E-state index contributed by atoms with van der Waals surface area (Å²) in [6.45, 7) is 2.32. The number of phenols is 2. The fourth-order valence-corrected chi connectivity index (χ4v) is 4.04. The maximum atomic E-state index is 10.8. The summed E-state index contributed by atoms with van der Waals surface area (Å²) in [6.07, 6.45) is 0.170. The molecule has 5 rings (SSSR count). The van der Waals surface area contributed by atoms with Gasteiger partial charge in [-0.05, 0) is 52.4 Å². The van der Waals surface area contributed by atoms with Crippen LogP contribution in [-0.4, -0.2) is 30.0 Å². The molecule has 0 atom stereocenters. The molecule has 210 valence electrons. The molecule has 4 N–H and O–H groups in total. The van der Waals surface area contributed by atoms with Crippen molar-refractivity contribution in [2.75, 3.05) is 13.7 Å². The molecule has 0 spiro atoms. The molecule has 0 radical (unpaired) electrons. The second-order valence-electron chi connectivity index (χ2n) is 8.01. The number of methoxy groups -OCH3 is 1. The fourth-order valence-electron chi connectivity index (χ4n) is 4.04. The highest BCUT2D eigenvalue weighted by molar-refractivity contribution is 5.79. The number of hydrogen-bond acceptors (Lipinski definition) is 5. The summed E-state index contributed by atoms with van der Waals surface area (Å²) in [6, 6.07) is 30.6. The molecule has 0 saturated heterocycles. The van der Waals surface area contributed by atoms with Crippen LogP contribution in [0.5, 0.6) is 17.2 Å². The first kappa shape index (κ1) is 34.6. The van der Waals surface area contributed by atoms with Crippen molar-refractivity contribution in [3.8, 4) is 28.4 Å². The summed E-state index contributed by atoms with van der Waals surface area (Å²) in [7, 11) is 1.52. The summed E-state index contributed by atoms with van der Waals surface area (Å²) >= 11 is 0. The molecule has 4 aromatic rings. The zero-order valence-electron chi connectivity index (χ0n) is 20.4. The standard InChI is InChI=1S/C15H13NO2.C8H10O.C7H8O2.3CH4/c16-15(17)18-9-14-12-7-3-1-5-10(12)11-6-2-4-8-13(11)14;1-2-7-5-3-4-6-8(7)9;1-9-7-5-3-2-4-6(7)8;;;/h1-8,14H,9H2,(H2,16,17);3-6,9H,2H2,1H3;2-5,8H,1H3;3*1H4. The van der Waals surface area contributed by atoms with Gasteiger partial charge in [0.05, 0.1) is 7.11 Å². The van der Waals surface area contributed by atoms with E-state index >= 15 is 0 Å². The molecular formula is C33H43NO5. The van der Waals surface area contributed by atoms with Crippen LogP contribution >= 0.6 is 0 Å². The number of aromatic hydroxyl groups is 2. The molecule has 0 aliphatic heterocycles. The van der Waals surface area contributed by atoms with Crippen molar-refractivity contribution in [3.05, 3.63) is 114 Å². The summed E-state index contributed by atoms with van der Waals surface area (Å²) in [5, 5.41) is 18.1. The van der Waals surface area contributed by atoms with Gasteiger partial charge in [0, 0.05) is 5.92 Å². The second-order valence-corrected chi connectivity index (χ2v) is 8.01. The lowest BCUT2D eigenvalue weighted by atomic mass is 9.98. The van der Waals surface area contributed by atoms with Crippen molar-refractivity contribution in [3.63, 3.8) is 0 Å². The van der Waals surface area contributed by atoms with Crippen molar-refractivity contribution in [1.82, 2.24) is 0 Å². The normalized spacial score (nSPS) is 10.2. The molecule has 4 aromatic carbocycles. The molecule has 39 heavy (non-hydrogen) atoms. The van der Waals surface area contributed by atoms with Crippen LogP contribution in [0.1, 0.15) is 51.8 Å². The lowest BCUT2D eigenvalue weighted by molar-refractivity contribution is 0.153. The Hall–Kier alpha value is -4.45. The third-order valence-corrected chi connectivity index (χ3v) is 5.81. The SMILES string of the molecule is C.C.C.CCc1ccccc1O.COc1ccccc1O.NC(=O)OCC1c2ccccc2-c2ccccc21. The van der Waals surface area contributed by atoms with E-state index in [-0.39, 0.29) is 33.9 Å². The quantitative estimate of drug-likeness (QED) is 0.246. The summed E-state index contributed by atoms with van der Waals surface area (Å²) in [4.78, 5) is 10.8. The minimum absolute atomic E-state index is 0. The Labute approximate surface area is 233 Å². The number of ether oxygens (including phenoxy) is 2. The average Bonchev–Trinajstić information content (AvgIpc) is 3.22. The Morgan fingerprint density at radius 3 is 1.62 bits per heavy atom. The zero-order valence-corrected chi connectivity index (χ0v) is 20.4. The highest BCUT2D eigenvalue weighted by atomic mass is 16.5. The third-order valence-electron chi connectivity index (χ3n) is 5.81. The summed E-state index contributed by atoms with van der Waals surface area (Å²) in [5.41, 5.74) is 10.9. The van der Waals surface area contributed by atoms with Crippen LogP contribution in [0.2, 0.25) is 0 Å². The number of carbonyl (C=O) groups is 1. The van der Waals surface area contributed by atoms with Crippen molar-refractivity contribution in [1.29, 1.82) is 0 Å². The highest BCUT2D eigenvalue weighted by Crippen LogP contribution is 2.44. The van der Waals surface area contributed by atoms with Crippen molar-refractivity contribution < 1.29 is 24.5 Å². The number of nitrogens with two attached hydrogens (primary N) is 1. The number of rotatable bonds is 4. The Bertz CT molecular complexity index is 1200. The van der Waals surface area contributed by atoms with Gasteiger partial charge in [-0.2, -0.15) is 0 Å². The van der Waals surface area contributed by atoms with Crippen LogP contribution < -0.4 is 10.5 Å². The Morgan fingerprint density at radius 1 is 0.744 bits per heavy atom. The maximum Gasteiger partial charge on any atom is 0.404 e. The zero-order chi connectivity index (χ0) is 25.9. The van der Waals surface area contributed by atoms with Gasteiger partial charge in [-0.15, -0.1) is 0 Å². The van der Waals surface area contributed by atoms with Crippen LogP contribution in [0.4, 0.5) is 4.79 Å². The van der Waals surface area contributed by atoms with Gasteiger partial charge in [-0.1, -0.05) is 108 Å². The van der Waals surface area contributed by atoms with Crippen molar-refractivity contribution in [2.24, 2.45) is 5.73 Å². The molecule has 1 aliphatic rings. The Morgan fingerprint density at radius 2 is 1.21 bits per heavy atom. The van der Waals surface area contributed by atoms with Crippen LogP contribution in [0.25, 0.3) is 11.1 Å². The van der Waals surface area contributed by atoms with Gasteiger partial charge >= 0.3 is 6.09 Å². The number of amides is 1. The number of fused-ring (bicyclic) bond motifs is 3. The van der Waals surface area contributed by atoms with Gasteiger partial charge < -0.3 is 25.4 Å². The number of primary amides is 1. The van der Waals surface area contributed by atoms with E-state index < -0.39 is 6.09 Å². The molecule has 0 saturated carbocycles. The van der Waals surface area contributed by atoms with Crippen LogP contribution in [0.3, 0.4) is 0 Å². The molecule has 0 heterocycles. The van der Waals surface area contributed by atoms with E-state index in [1.54, 1.807) is 30.3 Å². The number of hydrogen-bond donors (Lipinski definition) is 3. The minimum Gasteiger partial charge on any atom is -0.508 e. The molecule has 0 unspecified atom stereocenters. The topological polar surface area (TPSA) is 102 Å². The lowest BCUT2D eigenvalue weighted by Crippen LogP contribution is -2.17. The predicted molar refractivity (Wildman–Crippen MR) is 162 cm³/mol. The monoisotopic (exact) mass is 533 g/mol. The molecule has 0 aromatic heterocycles. The molecule has 0 bridgehead atoms. The van der Waals surface area contributed by atoms with Crippen molar-refractivity contribution in [2.45, 2.75) is 41.5 Å². The number of carbonyl (C=O) groups excluding carboxylic acids is 1. The van der Waals surface area contributed by atoms with Gasteiger partial charge in [0.15, 0.2) is 11.5 Å². The highest BCUT2D eigenvalue weighted by Gasteiger charge is 2.28. The van der Waals surface area contributed by atoms with Crippen molar-refractivity contribution >= 4 is 6.09 Å². The Kier molecular flexibility index (Phi) is 15.2. The van der Waals surface area contributed by atoms with E-state index in [0.717, 1.165) is 12.0 Å². The minimum atomic E-state index is -0.725. The molecular weight excluding hydrogens is 490 g/mol. The number of aryl methyl sites for hydroxylation is 1.